The van der Waals surface area contributed by atoms with Crippen LogP contribution in [0.5, 0.6) is 0 Å². The van der Waals surface area contributed by atoms with Crippen molar-refractivity contribution in [1.29, 1.82) is 0 Å². The monoisotopic (exact) mass is 198 g/mol. The molecule has 3 nitrogen and oxygen atoms in total. The normalized spacial score (nSPS) is 8.83. The van der Waals surface area contributed by atoms with Gasteiger partial charge in [0.1, 0.15) is 0 Å². The van der Waals surface area contributed by atoms with Gasteiger partial charge < -0.3 is 10.1 Å². The first-order chi connectivity index (χ1) is 5.31. The molecule has 0 unspecified atom stereocenters. The molecule has 0 saturated heterocycles. The summed E-state index contributed by atoms with van der Waals surface area (Å²) in [5, 5.41) is 9.50. The van der Waals surface area contributed by atoms with E-state index in [1.165, 1.54) is 12.8 Å². The molecule has 12 heavy (non-hydrogen) atoms. The number of hydrogen-bond acceptors (Lipinski definition) is 3. The molecule has 0 aromatic rings. The van der Waals surface area contributed by atoms with Crippen molar-refractivity contribution in [1.82, 2.24) is 0 Å². The molecule has 0 spiro atoms. The zero-order valence-electron chi connectivity index (χ0n) is 7.97. The van der Waals surface area contributed by atoms with E-state index in [2.05, 4.69) is 11.8 Å². The van der Waals surface area contributed by atoms with Gasteiger partial charge in [-0.15, -0.1) is 0 Å². The summed E-state index contributed by atoms with van der Waals surface area (Å²) in [5.74, 6) is -0.638. The minimum Gasteiger partial charge on any atom is -0.662 e. The molecule has 0 N–H and O–H groups in total. The molecule has 0 rings (SSSR count). The van der Waals surface area contributed by atoms with Crippen LogP contribution in [0.3, 0.4) is 0 Å². The Balaban J connectivity index is 0. The molecule has 0 bridgehead atoms. The maximum absolute atomic E-state index is 10.3. The Labute approximate surface area is 116 Å². The second kappa shape index (κ2) is 12.1. The molecule has 0 aliphatic rings. The number of carbonyl (C=O) groups excluding carboxylic acids is 1. The van der Waals surface area contributed by atoms with E-state index in [-0.39, 0.29) is 57.8 Å². The van der Waals surface area contributed by atoms with E-state index >= 15 is 0 Å². The van der Waals surface area contributed by atoms with Gasteiger partial charge in [-0.05, 0) is 6.42 Å². The van der Waals surface area contributed by atoms with Crippen molar-refractivity contribution >= 4 is 5.97 Å². The van der Waals surface area contributed by atoms with Crippen LogP contribution < -0.4 is 56.6 Å². The van der Waals surface area contributed by atoms with Crippen LogP contribution in [-0.4, -0.2) is 5.97 Å². The van der Waals surface area contributed by atoms with Crippen molar-refractivity contribution in [3.63, 3.8) is 0 Å². The van der Waals surface area contributed by atoms with Crippen LogP contribution in [0.25, 0.3) is 0 Å². The number of rotatable bonds is 6. The van der Waals surface area contributed by atoms with Crippen LogP contribution in [0.15, 0.2) is 0 Å². The second-order valence-electron chi connectivity index (χ2n) is 2.62. The average Bonchev–Trinajstić information content (AvgIpc) is 2.04. The van der Waals surface area contributed by atoms with E-state index in [9.17, 15) is 10.1 Å². The quantitative estimate of drug-likeness (QED) is 0.218. The maximum Gasteiger partial charge on any atom is 1.00 e. The van der Waals surface area contributed by atoms with Crippen LogP contribution in [-0.2, 0) is 9.68 Å². The van der Waals surface area contributed by atoms with Crippen molar-refractivity contribution < 1.29 is 66.3 Å². The Hall–Kier alpha value is 1.07. The first kappa shape index (κ1) is 15.5. The molecule has 66 valence electrons. The van der Waals surface area contributed by atoms with Crippen LogP contribution in [0.2, 0.25) is 0 Å². The summed E-state index contributed by atoms with van der Waals surface area (Å²) < 4.78 is 0. The van der Waals surface area contributed by atoms with E-state index in [1.807, 2.05) is 0 Å². The van der Waals surface area contributed by atoms with Gasteiger partial charge in [-0.25, -0.2) is 0 Å². The van der Waals surface area contributed by atoms with Gasteiger partial charge in [0.2, 0.25) is 0 Å². The molecular formula is C8H15KO3. The average molecular weight is 198 g/mol. The van der Waals surface area contributed by atoms with Gasteiger partial charge in [0, 0.05) is 6.42 Å². The Morgan fingerprint density at radius 3 is 2.33 bits per heavy atom. The smallest absolute Gasteiger partial charge is 0.662 e. The first-order valence-electron chi connectivity index (χ1n) is 4.14. The molecule has 0 aromatic carbocycles. The summed E-state index contributed by atoms with van der Waals surface area (Å²) in [6, 6.07) is 0. The van der Waals surface area contributed by atoms with E-state index in [0.29, 0.717) is 0 Å². The fourth-order valence-corrected chi connectivity index (χ4v) is 0.915. The van der Waals surface area contributed by atoms with Gasteiger partial charge in [0.15, 0.2) is 0 Å². The van der Waals surface area contributed by atoms with Crippen LogP contribution in [0, 0.1) is 0 Å². The molecule has 0 amide bonds. The number of unbranched alkanes of at least 4 members (excludes halogenated alkanes) is 4. The molecule has 0 aliphatic heterocycles. The van der Waals surface area contributed by atoms with Gasteiger partial charge in [-0.1, -0.05) is 32.6 Å². The van der Waals surface area contributed by atoms with Gasteiger partial charge in [-0.3, -0.25) is 4.79 Å². The van der Waals surface area contributed by atoms with Crippen molar-refractivity contribution in [3.8, 4) is 0 Å². The van der Waals surface area contributed by atoms with Crippen molar-refractivity contribution in [2.45, 2.75) is 45.4 Å². The standard InChI is InChI=1S/C8H16O3.K/c1-2-3-4-5-6-7-8(9)11-10;/h10H,2-7H2,1H3;/q;+1/p-1. The number of hydrogen-bond donors (Lipinski definition) is 0. The molecule has 0 fully saturated rings. The summed E-state index contributed by atoms with van der Waals surface area (Å²) in [4.78, 5) is 13.6. The summed E-state index contributed by atoms with van der Waals surface area (Å²) in [5.41, 5.74) is 0. The number of carbonyl (C=O) groups is 1. The van der Waals surface area contributed by atoms with Crippen molar-refractivity contribution in [2.24, 2.45) is 0 Å². The summed E-state index contributed by atoms with van der Waals surface area (Å²) in [6.07, 6.45) is 5.60. The molecule has 0 aromatic heterocycles. The maximum atomic E-state index is 10.3. The van der Waals surface area contributed by atoms with Gasteiger partial charge in [-0.2, -0.15) is 0 Å². The van der Waals surface area contributed by atoms with Crippen LogP contribution in [0.1, 0.15) is 45.4 Å². The van der Waals surface area contributed by atoms with Gasteiger partial charge in [0.25, 0.3) is 5.97 Å². The van der Waals surface area contributed by atoms with E-state index in [4.69, 9.17) is 0 Å². The molecular weight excluding hydrogens is 183 g/mol. The molecule has 0 radical (unpaired) electrons. The SMILES string of the molecule is CCCCCCCC(=O)O[O-].[K+]. The van der Waals surface area contributed by atoms with Crippen molar-refractivity contribution in [3.05, 3.63) is 0 Å². The minimum atomic E-state index is -0.638. The predicted molar refractivity (Wildman–Crippen MR) is 39.5 cm³/mol. The Morgan fingerprint density at radius 1 is 1.25 bits per heavy atom. The summed E-state index contributed by atoms with van der Waals surface area (Å²) >= 11 is 0. The molecule has 0 heterocycles. The Bertz CT molecular complexity index is 106. The summed E-state index contributed by atoms with van der Waals surface area (Å²) in [7, 11) is 0. The van der Waals surface area contributed by atoms with Gasteiger partial charge in [0.05, 0.1) is 0 Å². The third kappa shape index (κ3) is 11.1. The molecule has 4 heteroatoms. The third-order valence-corrected chi connectivity index (χ3v) is 1.58. The third-order valence-electron chi connectivity index (χ3n) is 1.58. The van der Waals surface area contributed by atoms with Gasteiger partial charge >= 0.3 is 51.4 Å². The van der Waals surface area contributed by atoms with E-state index < -0.39 is 5.97 Å². The van der Waals surface area contributed by atoms with Crippen LogP contribution in [0.4, 0.5) is 0 Å². The predicted octanol–water partition coefficient (Wildman–Crippen LogP) is -1.83. The largest absolute Gasteiger partial charge is 1.00 e. The zero-order chi connectivity index (χ0) is 8.53. The van der Waals surface area contributed by atoms with E-state index in [1.54, 1.807) is 0 Å². The fourth-order valence-electron chi connectivity index (χ4n) is 0.915. The van der Waals surface area contributed by atoms with Crippen LogP contribution >= 0.6 is 0 Å². The molecule has 0 atom stereocenters. The minimum absolute atomic E-state index is 0. The van der Waals surface area contributed by atoms with Crippen molar-refractivity contribution in [2.75, 3.05) is 0 Å². The second-order valence-corrected chi connectivity index (χ2v) is 2.62. The Kier molecular flexibility index (Phi) is 15.6. The molecule has 0 aliphatic carbocycles. The zero-order valence-corrected chi connectivity index (χ0v) is 11.1. The summed E-state index contributed by atoms with van der Waals surface area (Å²) in [6.45, 7) is 2.13. The molecule has 0 saturated carbocycles. The first-order valence-corrected chi connectivity index (χ1v) is 4.14. The fraction of sp³-hybridized carbons (Fsp3) is 0.875. The Morgan fingerprint density at radius 2 is 1.83 bits per heavy atom. The topological polar surface area (TPSA) is 49.4 Å². The van der Waals surface area contributed by atoms with E-state index in [0.717, 1.165) is 19.3 Å².